The third-order valence-corrected chi connectivity index (χ3v) is 6.29. The lowest BCUT2D eigenvalue weighted by molar-refractivity contribution is 0.480. The van der Waals surface area contributed by atoms with Gasteiger partial charge in [-0.15, -0.1) is 11.6 Å². The standard InChI is InChI=1S/C16H20BrCl/c1-9-8-14(17)10(2)7-13(9)16(18)15-11-5-3-4-6-12(11)15/h7-8,11-12,15-16H,3-6H2,1-2H3. The summed E-state index contributed by atoms with van der Waals surface area (Å²) < 4.78 is 1.20. The van der Waals surface area contributed by atoms with Crippen LogP contribution in [-0.4, -0.2) is 0 Å². The van der Waals surface area contributed by atoms with E-state index in [1.165, 1.54) is 46.8 Å². The molecule has 2 aliphatic carbocycles. The van der Waals surface area contributed by atoms with Gasteiger partial charge in [-0.1, -0.05) is 34.8 Å². The lowest BCUT2D eigenvalue weighted by Gasteiger charge is -2.15. The second kappa shape index (κ2) is 4.83. The molecule has 0 aromatic heterocycles. The normalized spacial score (nSPS) is 31.9. The SMILES string of the molecule is Cc1cc(C(Cl)C2C3CCCCC32)c(C)cc1Br. The van der Waals surface area contributed by atoms with Crippen molar-refractivity contribution in [1.82, 2.24) is 0 Å². The van der Waals surface area contributed by atoms with Crippen molar-refractivity contribution in [2.45, 2.75) is 44.9 Å². The Morgan fingerprint density at radius 2 is 1.72 bits per heavy atom. The van der Waals surface area contributed by atoms with E-state index in [9.17, 15) is 0 Å². The maximum atomic E-state index is 6.79. The number of fused-ring (bicyclic) bond motifs is 1. The molecule has 0 spiro atoms. The minimum absolute atomic E-state index is 0.227. The fraction of sp³-hybridized carbons (Fsp3) is 0.625. The second-order valence-corrected chi connectivity index (χ2v) is 7.37. The van der Waals surface area contributed by atoms with Crippen molar-refractivity contribution in [3.63, 3.8) is 0 Å². The van der Waals surface area contributed by atoms with Gasteiger partial charge in [-0.05, 0) is 67.2 Å². The summed E-state index contributed by atoms with van der Waals surface area (Å²) in [7, 11) is 0. The maximum absolute atomic E-state index is 6.79. The molecule has 0 amide bonds. The predicted molar refractivity (Wildman–Crippen MR) is 81.1 cm³/mol. The number of benzene rings is 1. The number of hydrogen-bond donors (Lipinski definition) is 0. The zero-order valence-electron chi connectivity index (χ0n) is 11.0. The third-order valence-electron chi connectivity index (χ3n) is 4.91. The van der Waals surface area contributed by atoms with E-state index in [-0.39, 0.29) is 5.38 Å². The molecule has 0 heterocycles. The van der Waals surface area contributed by atoms with E-state index in [1.54, 1.807) is 0 Å². The molecule has 3 rings (SSSR count). The predicted octanol–water partition coefficient (Wildman–Crippen LogP) is 5.78. The van der Waals surface area contributed by atoms with Crippen LogP contribution in [0.4, 0.5) is 0 Å². The van der Waals surface area contributed by atoms with E-state index in [2.05, 4.69) is 41.9 Å². The van der Waals surface area contributed by atoms with Crippen LogP contribution >= 0.6 is 27.5 Å². The fourth-order valence-electron chi connectivity index (χ4n) is 3.79. The van der Waals surface area contributed by atoms with Gasteiger partial charge in [0.1, 0.15) is 0 Å². The smallest absolute Gasteiger partial charge is 0.0621 e. The van der Waals surface area contributed by atoms with E-state index in [4.69, 9.17) is 11.6 Å². The van der Waals surface area contributed by atoms with Gasteiger partial charge in [-0.2, -0.15) is 0 Å². The highest BCUT2D eigenvalue weighted by Gasteiger charge is 2.54. The monoisotopic (exact) mass is 326 g/mol. The summed E-state index contributed by atoms with van der Waals surface area (Å²) in [6.45, 7) is 4.33. The highest BCUT2D eigenvalue weighted by atomic mass is 79.9. The molecule has 3 unspecified atom stereocenters. The van der Waals surface area contributed by atoms with Crippen molar-refractivity contribution in [2.24, 2.45) is 17.8 Å². The first-order valence-corrected chi connectivity index (χ1v) is 8.23. The Morgan fingerprint density at radius 3 is 2.33 bits per heavy atom. The maximum Gasteiger partial charge on any atom is 0.0621 e. The van der Waals surface area contributed by atoms with Crippen LogP contribution in [0, 0.1) is 31.6 Å². The number of hydrogen-bond acceptors (Lipinski definition) is 0. The molecule has 0 saturated heterocycles. The van der Waals surface area contributed by atoms with Crippen LogP contribution in [-0.2, 0) is 0 Å². The van der Waals surface area contributed by atoms with Gasteiger partial charge in [0.05, 0.1) is 5.38 Å². The summed E-state index contributed by atoms with van der Waals surface area (Å²) in [4.78, 5) is 0. The minimum Gasteiger partial charge on any atom is -0.117 e. The largest absolute Gasteiger partial charge is 0.117 e. The Balaban J connectivity index is 1.85. The molecule has 2 fully saturated rings. The van der Waals surface area contributed by atoms with Crippen molar-refractivity contribution in [3.8, 4) is 0 Å². The van der Waals surface area contributed by atoms with Gasteiger partial charge in [0.25, 0.3) is 0 Å². The molecule has 0 nitrogen and oxygen atoms in total. The Labute approximate surface area is 123 Å². The van der Waals surface area contributed by atoms with Gasteiger partial charge >= 0.3 is 0 Å². The van der Waals surface area contributed by atoms with E-state index in [0.717, 1.165) is 17.8 Å². The van der Waals surface area contributed by atoms with Crippen LogP contribution in [0.2, 0.25) is 0 Å². The van der Waals surface area contributed by atoms with Crippen LogP contribution in [0.5, 0.6) is 0 Å². The number of alkyl halides is 1. The van der Waals surface area contributed by atoms with Crippen LogP contribution in [0.1, 0.15) is 47.8 Å². The second-order valence-electron chi connectivity index (χ2n) is 6.05. The molecular weight excluding hydrogens is 308 g/mol. The minimum atomic E-state index is 0.227. The molecule has 0 bridgehead atoms. The molecule has 2 aliphatic rings. The lowest BCUT2D eigenvalue weighted by atomic mass is 9.99. The van der Waals surface area contributed by atoms with E-state index >= 15 is 0 Å². The number of aryl methyl sites for hydroxylation is 2. The Morgan fingerprint density at radius 1 is 1.11 bits per heavy atom. The van der Waals surface area contributed by atoms with E-state index < -0.39 is 0 Å². The molecule has 0 radical (unpaired) electrons. The Bertz CT molecular complexity index is 456. The molecular formula is C16H20BrCl. The average Bonchev–Trinajstić information content (AvgIpc) is 3.07. The van der Waals surface area contributed by atoms with E-state index in [1.807, 2.05) is 0 Å². The van der Waals surface area contributed by atoms with Crippen LogP contribution in [0.3, 0.4) is 0 Å². The Hall–Kier alpha value is -0.0100. The van der Waals surface area contributed by atoms with Gasteiger partial charge < -0.3 is 0 Å². The molecule has 2 heteroatoms. The van der Waals surface area contributed by atoms with Crippen LogP contribution in [0.15, 0.2) is 16.6 Å². The first kappa shape index (κ1) is 13.0. The highest BCUT2D eigenvalue weighted by Crippen LogP contribution is 2.62. The van der Waals surface area contributed by atoms with Gasteiger partial charge in [-0.3, -0.25) is 0 Å². The molecule has 18 heavy (non-hydrogen) atoms. The summed E-state index contributed by atoms with van der Waals surface area (Å²) in [6.07, 6.45) is 5.65. The number of rotatable bonds is 2. The molecule has 1 aromatic carbocycles. The topological polar surface area (TPSA) is 0 Å². The molecule has 2 saturated carbocycles. The molecule has 0 aliphatic heterocycles. The third kappa shape index (κ3) is 2.14. The zero-order chi connectivity index (χ0) is 12.9. The Kier molecular flexibility index (Phi) is 3.49. The highest BCUT2D eigenvalue weighted by molar-refractivity contribution is 9.10. The summed E-state index contributed by atoms with van der Waals surface area (Å²) in [5, 5.41) is 0.227. The van der Waals surface area contributed by atoms with Crippen molar-refractivity contribution < 1.29 is 0 Å². The van der Waals surface area contributed by atoms with E-state index in [0.29, 0.717) is 0 Å². The van der Waals surface area contributed by atoms with Crippen LogP contribution in [0.25, 0.3) is 0 Å². The molecule has 1 aromatic rings. The first-order chi connectivity index (χ1) is 8.59. The quantitative estimate of drug-likeness (QED) is 0.604. The van der Waals surface area contributed by atoms with Crippen molar-refractivity contribution in [2.75, 3.05) is 0 Å². The number of halogens is 2. The fourth-order valence-corrected chi connectivity index (χ4v) is 4.86. The average molecular weight is 328 g/mol. The van der Waals surface area contributed by atoms with Crippen LogP contribution < -0.4 is 0 Å². The van der Waals surface area contributed by atoms with Crippen molar-refractivity contribution >= 4 is 27.5 Å². The molecule has 0 N–H and O–H groups in total. The summed E-state index contributed by atoms with van der Waals surface area (Å²) in [5.41, 5.74) is 3.98. The van der Waals surface area contributed by atoms with Crippen molar-refractivity contribution in [1.29, 1.82) is 0 Å². The van der Waals surface area contributed by atoms with Gasteiger partial charge in [0.15, 0.2) is 0 Å². The summed E-state index contributed by atoms with van der Waals surface area (Å²) in [5.74, 6) is 2.59. The van der Waals surface area contributed by atoms with Gasteiger partial charge in [0.2, 0.25) is 0 Å². The van der Waals surface area contributed by atoms with Gasteiger partial charge in [-0.25, -0.2) is 0 Å². The van der Waals surface area contributed by atoms with Gasteiger partial charge in [0, 0.05) is 4.47 Å². The van der Waals surface area contributed by atoms with Crippen molar-refractivity contribution in [3.05, 3.63) is 33.3 Å². The lowest BCUT2D eigenvalue weighted by Crippen LogP contribution is -2.00. The summed E-state index contributed by atoms with van der Waals surface area (Å²) >= 11 is 10.4. The summed E-state index contributed by atoms with van der Waals surface area (Å²) in [6, 6.07) is 4.49. The molecule has 3 atom stereocenters. The first-order valence-electron chi connectivity index (χ1n) is 7.00. The zero-order valence-corrected chi connectivity index (χ0v) is 13.4. The molecule has 98 valence electrons.